The number of nitrogens with one attached hydrogen (secondary N) is 2. The van der Waals surface area contributed by atoms with E-state index >= 15 is 0 Å². The van der Waals surface area contributed by atoms with E-state index < -0.39 is 0 Å². The van der Waals surface area contributed by atoms with Crippen molar-refractivity contribution in [2.75, 3.05) is 19.4 Å². The zero-order valence-corrected chi connectivity index (χ0v) is 16.6. The van der Waals surface area contributed by atoms with Gasteiger partial charge in [0.15, 0.2) is 5.11 Å². The molecule has 0 bridgehead atoms. The largest absolute Gasteiger partial charge is 0.490 e. The van der Waals surface area contributed by atoms with Crippen LogP contribution in [0.15, 0.2) is 48.5 Å². The summed E-state index contributed by atoms with van der Waals surface area (Å²) in [5, 5.41) is 5.73. The Bertz CT molecular complexity index is 833. The molecular weight excluding hydrogens is 362 g/mol. The van der Waals surface area contributed by atoms with Crippen LogP contribution in [0, 0.1) is 0 Å². The normalized spacial score (nSPS) is 10.3. The Labute approximate surface area is 164 Å². The van der Waals surface area contributed by atoms with Crippen LogP contribution in [0.5, 0.6) is 5.75 Å². The molecule has 0 aliphatic carbocycles. The minimum absolute atomic E-state index is 0.0487. The first-order chi connectivity index (χ1) is 12.8. The Morgan fingerprint density at radius 2 is 1.67 bits per heavy atom. The van der Waals surface area contributed by atoms with Gasteiger partial charge in [0.1, 0.15) is 5.75 Å². The van der Waals surface area contributed by atoms with E-state index in [0.717, 1.165) is 0 Å². The van der Waals surface area contributed by atoms with Crippen LogP contribution < -0.4 is 15.4 Å². The number of para-hydroxylation sites is 1. The first-order valence-electron chi connectivity index (χ1n) is 8.47. The number of hydrogen-bond acceptors (Lipinski definition) is 4. The maximum Gasteiger partial charge on any atom is 0.261 e. The van der Waals surface area contributed by atoms with Crippen LogP contribution in [0.1, 0.15) is 34.6 Å². The lowest BCUT2D eigenvalue weighted by Gasteiger charge is -2.15. The molecule has 7 heteroatoms. The zero-order chi connectivity index (χ0) is 20.0. The maximum atomic E-state index is 12.5. The highest BCUT2D eigenvalue weighted by Crippen LogP contribution is 2.19. The molecule has 2 aromatic rings. The number of ether oxygens (including phenoxy) is 1. The van der Waals surface area contributed by atoms with E-state index in [4.69, 9.17) is 17.0 Å². The van der Waals surface area contributed by atoms with Crippen molar-refractivity contribution in [1.29, 1.82) is 0 Å². The predicted octanol–water partition coefficient (Wildman–Crippen LogP) is 3.30. The van der Waals surface area contributed by atoms with Gasteiger partial charge in [0, 0.05) is 25.3 Å². The quantitative estimate of drug-likeness (QED) is 0.773. The van der Waals surface area contributed by atoms with Crippen molar-refractivity contribution in [2.24, 2.45) is 0 Å². The van der Waals surface area contributed by atoms with Gasteiger partial charge in [-0.1, -0.05) is 12.1 Å². The third kappa shape index (κ3) is 5.79. The molecule has 2 rings (SSSR count). The van der Waals surface area contributed by atoms with Gasteiger partial charge in [-0.15, -0.1) is 0 Å². The lowest BCUT2D eigenvalue weighted by atomic mass is 10.2. The molecule has 0 atom stereocenters. The average Bonchev–Trinajstić information content (AvgIpc) is 2.61. The molecule has 27 heavy (non-hydrogen) atoms. The summed E-state index contributed by atoms with van der Waals surface area (Å²) >= 11 is 5.21. The number of carbonyl (C=O) groups excluding carboxylic acids is 2. The summed E-state index contributed by atoms with van der Waals surface area (Å²) in [4.78, 5) is 25.9. The van der Waals surface area contributed by atoms with Gasteiger partial charge in [-0.05, 0) is 62.5 Å². The zero-order valence-electron chi connectivity index (χ0n) is 15.8. The Kier molecular flexibility index (Phi) is 6.90. The van der Waals surface area contributed by atoms with Crippen molar-refractivity contribution in [3.8, 4) is 5.75 Å². The van der Waals surface area contributed by atoms with E-state index in [9.17, 15) is 9.59 Å². The summed E-state index contributed by atoms with van der Waals surface area (Å²) in [6.45, 7) is 3.79. The molecule has 0 aliphatic rings. The number of carbonyl (C=O) groups is 2. The smallest absolute Gasteiger partial charge is 0.261 e. The highest BCUT2D eigenvalue weighted by Gasteiger charge is 2.14. The molecule has 6 nitrogen and oxygen atoms in total. The van der Waals surface area contributed by atoms with Gasteiger partial charge in [-0.3, -0.25) is 14.9 Å². The lowest BCUT2D eigenvalue weighted by molar-refractivity contribution is 0.0827. The molecule has 2 aromatic carbocycles. The van der Waals surface area contributed by atoms with Crippen LogP contribution in [0.25, 0.3) is 0 Å². The molecule has 0 radical (unpaired) electrons. The number of benzene rings is 2. The molecule has 0 unspecified atom stereocenters. The van der Waals surface area contributed by atoms with Gasteiger partial charge in [0.05, 0.1) is 11.7 Å². The second-order valence-electron chi connectivity index (χ2n) is 6.35. The third-order valence-electron chi connectivity index (χ3n) is 3.52. The second kappa shape index (κ2) is 9.14. The Hall–Kier alpha value is -2.93. The van der Waals surface area contributed by atoms with Crippen LogP contribution in [-0.4, -0.2) is 42.0 Å². The minimum Gasteiger partial charge on any atom is -0.490 e. The molecule has 0 spiro atoms. The van der Waals surface area contributed by atoms with Crippen molar-refractivity contribution < 1.29 is 14.3 Å². The number of hydrogen-bond donors (Lipinski definition) is 2. The topological polar surface area (TPSA) is 70.7 Å². The lowest BCUT2D eigenvalue weighted by Crippen LogP contribution is -2.34. The number of anilines is 1. The summed E-state index contributed by atoms with van der Waals surface area (Å²) in [6.07, 6.45) is -0.0487. The highest BCUT2D eigenvalue weighted by atomic mass is 32.1. The van der Waals surface area contributed by atoms with Crippen molar-refractivity contribution >= 4 is 34.8 Å². The monoisotopic (exact) mass is 385 g/mol. The summed E-state index contributed by atoms with van der Waals surface area (Å²) < 4.78 is 5.66. The molecule has 2 amide bonds. The Morgan fingerprint density at radius 3 is 2.26 bits per heavy atom. The van der Waals surface area contributed by atoms with E-state index in [2.05, 4.69) is 10.6 Å². The first kappa shape index (κ1) is 20.4. The van der Waals surface area contributed by atoms with Gasteiger partial charge >= 0.3 is 0 Å². The molecule has 0 saturated heterocycles. The molecule has 0 aliphatic heterocycles. The fraction of sp³-hybridized carbons (Fsp3) is 0.250. The number of thiocarbonyl (C=S) groups is 1. The summed E-state index contributed by atoms with van der Waals surface area (Å²) in [5.74, 6) is 0.0571. The standard InChI is InChI=1S/C20H23N3O3S/c1-13(2)26-17-8-6-5-7-16(17)18(24)22-20(27)21-15-11-9-14(10-12-15)19(25)23(3)4/h5-13H,1-4H3,(H2,21,22,24,27). The summed E-state index contributed by atoms with van der Waals surface area (Å²) in [5.41, 5.74) is 1.64. The fourth-order valence-corrected chi connectivity index (χ4v) is 2.51. The van der Waals surface area contributed by atoms with Crippen LogP contribution in [0.3, 0.4) is 0 Å². The van der Waals surface area contributed by atoms with Gasteiger partial charge in [-0.25, -0.2) is 0 Å². The van der Waals surface area contributed by atoms with Gasteiger partial charge < -0.3 is 15.0 Å². The summed E-state index contributed by atoms with van der Waals surface area (Å²) in [7, 11) is 3.39. The van der Waals surface area contributed by atoms with E-state index in [1.54, 1.807) is 56.6 Å². The number of amides is 2. The van der Waals surface area contributed by atoms with E-state index in [-0.39, 0.29) is 23.0 Å². The van der Waals surface area contributed by atoms with Crippen molar-refractivity contribution in [3.63, 3.8) is 0 Å². The molecular formula is C20H23N3O3S. The Morgan fingerprint density at radius 1 is 1.04 bits per heavy atom. The summed E-state index contributed by atoms with van der Waals surface area (Å²) in [6, 6.07) is 13.8. The van der Waals surface area contributed by atoms with E-state index in [0.29, 0.717) is 22.6 Å². The van der Waals surface area contributed by atoms with E-state index in [1.807, 2.05) is 19.9 Å². The van der Waals surface area contributed by atoms with Crippen LogP contribution >= 0.6 is 12.2 Å². The van der Waals surface area contributed by atoms with Crippen molar-refractivity contribution in [2.45, 2.75) is 20.0 Å². The van der Waals surface area contributed by atoms with Gasteiger partial charge in [-0.2, -0.15) is 0 Å². The van der Waals surface area contributed by atoms with Crippen LogP contribution in [0.4, 0.5) is 5.69 Å². The average molecular weight is 385 g/mol. The molecule has 0 saturated carbocycles. The molecule has 0 aromatic heterocycles. The molecule has 2 N–H and O–H groups in total. The predicted molar refractivity (Wildman–Crippen MR) is 110 cm³/mol. The molecule has 142 valence electrons. The SMILES string of the molecule is CC(C)Oc1ccccc1C(=O)NC(=S)Nc1ccc(C(=O)N(C)C)cc1. The number of nitrogens with zero attached hydrogens (tertiary/aromatic N) is 1. The van der Waals surface area contributed by atoms with Gasteiger partial charge in [0.25, 0.3) is 11.8 Å². The maximum absolute atomic E-state index is 12.5. The Balaban J connectivity index is 2.02. The minimum atomic E-state index is -0.358. The van der Waals surface area contributed by atoms with Gasteiger partial charge in [0.2, 0.25) is 0 Å². The number of rotatable bonds is 5. The first-order valence-corrected chi connectivity index (χ1v) is 8.88. The van der Waals surface area contributed by atoms with Crippen molar-refractivity contribution in [1.82, 2.24) is 10.2 Å². The molecule has 0 heterocycles. The molecule has 0 fully saturated rings. The van der Waals surface area contributed by atoms with E-state index in [1.165, 1.54) is 4.90 Å². The fourth-order valence-electron chi connectivity index (χ4n) is 2.30. The van der Waals surface area contributed by atoms with Crippen LogP contribution in [0.2, 0.25) is 0 Å². The van der Waals surface area contributed by atoms with Crippen LogP contribution in [-0.2, 0) is 0 Å². The van der Waals surface area contributed by atoms with Crippen molar-refractivity contribution in [3.05, 3.63) is 59.7 Å². The second-order valence-corrected chi connectivity index (χ2v) is 6.76. The highest BCUT2D eigenvalue weighted by molar-refractivity contribution is 7.80. The third-order valence-corrected chi connectivity index (χ3v) is 3.72.